The average Bonchev–Trinajstić information content (AvgIpc) is 3.14. The lowest BCUT2D eigenvalue weighted by atomic mass is 9.66. The number of para-hydroxylation sites is 1. The van der Waals surface area contributed by atoms with Gasteiger partial charge in [-0.25, -0.2) is 4.98 Å². The van der Waals surface area contributed by atoms with Crippen molar-refractivity contribution in [2.75, 3.05) is 32.1 Å². The number of ether oxygens (including phenoxy) is 1. The van der Waals surface area contributed by atoms with Gasteiger partial charge in [0.25, 0.3) is 11.9 Å². The summed E-state index contributed by atoms with van der Waals surface area (Å²) in [6.07, 6.45) is -0.941. The summed E-state index contributed by atoms with van der Waals surface area (Å²) < 4.78 is 11.3. The lowest BCUT2D eigenvalue weighted by molar-refractivity contribution is -0.145. The summed E-state index contributed by atoms with van der Waals surface area (Å²) in [5, 5.41) is 16.2. The predicted molar refractivity (Wildman–Crippen MR) is 187 cm³/mol. The molecular formula is C36H46BN5O7. The highest BCUT2D eigenvalue weighted by atomic mass is 16.5. The Labute approximate surface area is 288 Å². The zero-order valence-corrected chi connectivity index (χ0v) is 28.9. The smallest absolute Gasteiger partial charge is 0.475 e. The van der Waals surface area contributed by atoms with Crippen molar-refractivity contribution in [3.8, 4) is 11.3 Å². The maximum atomic E-state index is 13.9. The van der Waals surface area contributed by atoms with Gasteiger partial charge in [0, 0.05) is 24.3 Å². The van der Waals surface area contributed by atoms with Crippen LogP contribution in [0.3, 0.4) is 0 Å². The molecule has 4 rings (SSSR count). The summed E-state index contributed by atoms with van der Waals surface area (Å²) in [5.74, 6) is -3.77. The molecule has 1 aliphatic rings. The summed E-state index contributed by atoms with van der Waals surface area (Å²) in [4.78, 5) is 62.1. The summed E-state index contributed by atoms with van der Waals surface area (Å²) >= 11 is 0. The predicted octanol–water partition coefficient (Wildman–Crippen LogP) is 2.96. The van der Waals surface area contributed by atoms with Crippen molar-refractivity contribution in [1.29, 1.82) is 0 Å². The van der Waals surface area contributed by atoms with Crippen molar-refractivity contribution in [1.82, 2.24) is 20.4 Å². The van der Waals surface area contributed by atoms with E-state index in [1.165, 1.54) is 20.1 Å². The van der Waals surface area contributed by atoms with Gasteiger partial charge in [0.15, 0.2) is 0 Å². The molecule has 2 amide bonds. The highest BCUT2D eigenvalue weighted by molar-refractivity contribution is 6.53. The fourth-order valence-corrected chi connectivity index (χ4v) is 5.88. The van der Waals surface area contributed by atoms with E-state index >= 15 is 0 Å². The molecule has 2 heterocycles. The van der Waals surface area contributed by atoms with Crippen molar-refractivity contribution in [2.24, 2.45) is 11.8 Å². The standard InChI is InChI=1S/C36H46BN5O7/c1-23(2)20-31(37-41(5)30(36(47)48-6)22-42(21-24(3)35(46)49-37)27-16-11-8-12-17-27)39-34(45)32(25(4)43)40-33(44)29-19-13-18-28(38-29)26-14-9-7-10-15-26/h7-19,23-25,30-32,43H,20-22H2,1-6H3,(H,39,45)(H,40,44)/t24-,25+,30+,31-,32-/m0/s1. The van der Waals surface area contributed by atoms with Crippen molar-refractivity contribution < 1.29 is 33.7 Å². The topological polar surface area (TPSA) is 150 Å². The number of anilines is 1. The van der Waals surface area contributed by atoms with Gasteiger partial charge in [-0.2, -0.15) is 0 Å². The molecule has 260 valence electrons. The summed E-state index contributed by atoms with van der Waals surface area (Å²) in [6, 6.07) is 21.6. The van der Waals surface area contributed by atoms with Crippen LogP contribution >= 0.6 is 0 Å². The van der Waals surface area contributed by atoms with E-state index < -0.39 is 60.9 Å². The monoisotopic (exact) mass is 671 g/mol. The molecule has 1 fully saturated rings. The van der Waals surface area contributed by atoms with Crippen LogP contribution in [0.5, 0.6) is 0 Å². The van der Waals surface area contributed by atoms with E-state index in [0.717, 1.165) is 11.3 Å². The van der Waals surface area contributed by atoms with E-state index in [1.807, 2.05) is 79.4 Å². The molecule has 12 nitrogen and oxygen atoms in total. The molecule has 49 heavy (non-hydrogen) atoms. The first-order valence-electron chi connectivity index (χ1n) is 16.5. The van der Waals surface area contributed by atoms with E-state index in [1.54, 1.807) is 30.9 Å². The number of rotatable bonds is 11. The Morgan fingerprint density at radius 2 is 1.63 bits per heavy atom. The van der Waals surface area contributed by atoms with Crippen LogP contribution in [-0.2, 0) is 23.8 Å². The van der Waals surface area contributed by atoms with Crippen LogP contribution in [0.2, 0.25) is 0 Å². The molecule has 0 aliphatic carbocycles. The molecule has 2 aromatic carbocycles. The molecule has 3 N–H and O–H groups in total. The number of amides is 2. The quantitative estimate of drug-likeness (QED) is 0.205. The number of benzene rings is 2. The van der Waals surface area contributed by atoms with Gasteiger partial charge in [-0.1, -0.05) is 75.4 Å². The molecular weight excluding hydrogens is 625 g/mol. The van der Waals surface area contributed by atoms with E-state index in [-0.39, 0.29) is 24.7 Å². The number of pyridine rings is 1. The van der Waals surface area contributed by atoms with Gasteiger partial charge >= 0.3 is 13.0 Å². The van der Waals surface area contributed by atoms with Crippen molar-refractivity contribution in [3.63, 3.8) is 0 Å². The Hall–Kier alpha value is -4.75. The molecule has 0 bridgehead atoms. The minimum Gasteiger partial charge on any atom is -0.518 e. The highest BCUT2D eigenvalue weighted by Crippen LogP contribution is 2.23. The molecule has 0 spiro atoms. The molecule has 5 atom stereocenters. The molecule has 0 saturated carbocycles. The number of aromatic nitrogens is 1. The Kier molecular flexibility index (Phi) is 12.9. The van der Waals surface area contributed by atoms with Crippen molar-refractivity contribution in [3.05, 3.63) is 84.6 Å². The lowest BCUT2D eigenvalue weighted by Crippen LogP contribution is -2.64. The minimum atomic E-state index is -1.37. The van der Waals surface area contributed by atoms with Crippen LogP contribution in [0.4, 0.5) is 5.69 Å². The van der Waals surface area contributed by atoms with Gasteiger partial charge in [-0.05, 0) is 50.6 Å². The van der Waals surface area contributed by atoms with Crippen molar-refractivity contribution in [2.45, 2.75) is 58.2 Å². The molecule has 1 aliphatic heterocycles. The van der Waals surface area contributed by atoms with Crippen molar-refractivity contribution >= 4 is 36.5 Å². The number of methoxy groups -OCH3 is 1. The summed E-state index contributed by atoms with van der Waals surface area (Å²) in [6.45, 7) is 7.53. The maximum absolute atomic E-state index is 13.9. The Morgan fingerprint density at radius 1 is 0.980 bits per heavy atom. The van der Waals surface area contributed by atoms with E-state index in [4.69, 9.17) is 9.39 Å². The number of likely N-dealkylation sites (N-methyl/N-ethyl adjacent to an activating group) is 1. The molecule has 1 saturated heterocycles. The third-order valence-corrected chi connectivity index (χ3v) is 8.51. The normalized spacial score (nSPS) is 19.1. The van der Waals surface area contributed by atoms with Gasteiger partial charge < -0.3 is 30.0 Å². The number of carbonyl (C=O) groups excluding carboxylic acids is 4. The fourth-order valence-electron chi connectivity index (χ4n) is 5.88. The van der Waals surface area contributed by atoms with Crippen LogP contribution in [0.15, 0.2) is 78.9 Å². The first-order valence-corrected chi connectivity index (χ1v) is 16.5. The second-order valence-electron chi connectivity index (χ2n) is 12.9. The molecule has 13 heteroatoms. The Morgan fingerprint density at radius 3 is 2.24 bits per heavy atom. The maximum Gasteiger partial charge on any atom is 0.475 e. The van der Waals surface area contributed by atoms with Gasteiger partial charge in [-0.3, -0.25) is 24.0 Å². The van der Waals surface area contributed by atoms with E-state index in [2.05, 4.69) is 15.6 Å². The number of hydrogen-bond donors (Lipinski definition) is 3. The summed E-state index contributed by atoms with van der Waals surface area (Å²) in [7, 11) is 1.86. The molecule has 0 unspecified atom stereocenters. The van der Waals surface area contributed by atoms with Gasteiger partial charge in [-0.15, -0.1) is 0 Å². The zero-order chi connectivity index (χ0) is 35.7. The number of nitrogens with zero attached hydrogens (tertiary/aromatic N) is 3. The first-order chi connectivity index (χ1) is 23.4. The lowest BCUT2D eigenvalue weighted by Gasteiger charge is -2.36. The molecule has 3 aromatic rings. The largest absolute Gasteiger partial charge is 0.518 e. The van der Waals surface area contributed by atoms with Gasteiger partial charge in [0.1, 0.15) is 17.8 Å². The third kappa shape index (κ3) is 9.67. The van der Waals surface area contributed by atoms with Gasteiger partial charge in [0.05, 0.1) is 30.8 Å². The SMILES string of the molecule is COC(=O)[C@H]1CN(c2ccccc2)C[C@H](C)C(=O)OB([C@H](CC(C)C)NC(=O)[C@@H](NC(=O)c2cccc(-c3ccccc3)n2)[C@@H](C)O)N1C. The highest BCUT2D eigenvalue weighted by Gasteiger charge is 2.46. The Bertz CT molecular complexity index is 1580. The number of aliphatic hydroxyl groups is 1. The van der Waals surface area contributed by atoms with Crippen LogP contribution in [0.1, 0.15) is 44.6 Å². The Balaban J connectivity index is 1.61. The number of nitrogens with one attached hydrogen (secondary N) is 2. The minimum absolute atomic E-state index is 0.0179. The first kappa shape index (κ1) is 37.1. The van der Waals surface area contributed by atoms with E-state index in [9.17, 15) is 24.3 Å². The van der Waals surface area contributed by atoms with Crippen LogP contribution < -0.4 is 15.5 Å². The number of esters is 1. The van der Waals surface area contributed by atoms with E-state index in [0.29, 0.717) is 12.1 Å². The van der Waals surface area contributed by atoms with Crippen LogP contribution in [0, 0.1) is 11.8 Å². The molecule has 1 aromatic heterocycles. The number of hydrogen-bond acceptors (Lipinski definition) is 10. The average molecular weight is 672 g/mol. The number of carbonyl (C=O) groups is 4. The van der Waals surface area contributed by atoms with Crippen LogP contribution in [0.25, 0.3) is 11.3 Å². The second kappa shape index (κ2) is 17.1. The van der Waals surface area contributed by atoms with Crippen LogP contribution in [-0.4, -0.2) is 97.1 Å². The second-order valence-corrected chi connectivity index (χ2v) is 12.9. The summed E-state index contributed by atoms with van der Waals surface area (Å²) in [5.41, 5.74) is 2.29. The molecule has 0 radical (unpaired) electrons. The fraction of sp³-hybridized carbons (Fsp3) is 0.417. The zero-order valence-electron chi connectivity index (χ0n) is 28.9. The van der Waals surface area contributed by atoms with Gasteiger partial charge in [0.2, 0.25) is 5.91 Å². The number of aliphatic hydroxyl groups excluding tert-OH is 1. The third-order valence-electron chi connectivity index (χ3n) is 8.51.